The van der Waals surface area contributed by atoms with Crippen molar-refractivity contribution in [3.05, 3.63) is 35.4 Å². The van der Waals surface area contributed by atoms with Crippen LogP contribution in [0.5, 0.6) is 5.75 Å². The van der Waals surface area contributed by atoms with E-state index in [9.17, 15) is 13.6 Å². The highest BCUT2D eigenvalue weighted by Crippen LogP contribution is 2.24. The van der Waals surface area contributed by atoms with Crippen LogP contribution >= 0.6 is 0 Å². The number of hydrogen-bond acceptors (Lipinski definition) is 2. The lowest BCUT2D eigenvalue weighted by Crippen LogP contribution is -1.92. The predicted octanol–water partition coefficient (Wildman–Crippen LogP) is 2.19. The summed E-state index contributed by atoms with van der Waals surface area (Å²) in [6, 6.07) is 1.78. The fourth-order valence-electron chi connectivity index (χ4n) is 1.03. The van der Waals surface area contributed by atoms with E-state index in [1.807, 2.05) is 0 Å². The molecule has 14 heavy (non-hydrogen) atoms. The lowest BCUT2D eigenvalue weighted by Gasteiger charge is -2.05. The van der Waals surface area contributed by atoms with Gasteiger partial charge in [0.15, 0.2) is 0 Å². The standard InChI is InChI=1S/C10H8F2O2/c1-14-10-6-7(11)5-9(12)8(10)3-2-4-13/h2-6H,1H3/b3-2+. The van der Waals surface area contributed by atoms with Crippen LogP contribution in [0.25, 0.3) is 6.08 Å². The first-order valence-corrected chi connectivity index (χ1v) is 3.84. The number of allylic oxidation sites excluding steroid dienone is 1. The number of methoxy groups -OCH3 is 1. The molecule has 0 amide bonds. The van der Waals surface area contributed by atoms with Gasteiger partial charge in [0, 0.05) is 12.1 Å². The van der Waals surface area contributed by atoms with Gasteiger partial charge in [-0.2, -0.15) is 0 Å². The van der Waals surface area contributed by atoms with Gasteiger partial charge in [-0.25, -0.2) is 8.78 Å². The Hall–Kier alpha value is -1.71. The summed E-state index contributed by atoms with van der Waals surface area (Å²) in [4.78, 5) is 10.0. The first-order chi connectivity index (χ1) is 6.69. The summed E-state index contributed by atoms with van der Waals surface area (Å²) >= 11 is 0. The van der Waals surface area contributed by atoms with E-state index in [1.165, 1.54) is 13.2 Å². The van der Waals surface area contributed by atoms with Crippen LogP contribution in [-0.4, -0.2) is 13.4 Å². The van der Waals surface area contributed by atoms with Crippen molar-refractivity contribution >= 4 is 12.4 Å². The Morgan fingerprint density at radius 2 is 2.07 bits per heavy atom. The molecule has 0 aliphatic heterocycles. The second kappa shape index (κ2) is 4.50. The van der Waals surface area contributed by atoms with Gasteiger partial charge >= 0.3 is 0 Å². The van der Waals surface area contributed by atoms with Gasteiger partial charge < -0.3 is 4.74 Å². The molecule has 0 radical (unpaired) electrons. The van der Waals surface area contributed by atoms with Gasteiger partial charge in [-0.3, -0.25) is 4.79 Å². The fourth-order valence-corrected chi connectivity index (χ4v) is 1.03. The molecule has 0 fully saturated rings. The molecule has 2 nitrogen and oxygen atoms in total. The normalized spacial score (nSPS) is 10.5. The third kappa shape index (κ3) is 2.16. The highest BCUT2D eigenvalue weighted by atomic mass is 19.1. The number of benzene rings is 1. The van der Waals surface area contributed by atoms with E-state index < -0.39 is 11.6 Å². The highest BCUT2D eigenvalue weighted by molar-refractivity contribution is 5.75. The van der Waals surface area contributed by atoms with Crippen LogP contribution in [0, 0.1) is 11.6 Å². The minimum absolute atomic E-state index is 0.0561. The van der Waals surface area contributed by atoms with Crippen molar-refractivity contribution < 1.29 is 18.3 Å². The summed E-state index contributed by atoms with van der Waals surface area (Å²) in [5.41, 5.74) is 0.0565. The molecule has 74 valence electrons. The molecular formula is C10H8F2O2. The third-order valence-corrected chi connectivity index (χ3v) is 1.62. The Balaban J connectivity index is 3.24. The molecule has 0 atom stereocenters. The largest absolute Gasteiger partial charge is 0.496 e. The molecule has 0 heterocycles. The van der Waals surface area contributed by atoms with Crippen molar-refractivity contribution in [2.75, 3.05) is 7.11 Å². The zero-order valence-corrected chi connectivity index (χ0v) is 7.46. The van der Waals surface area contributed by atoms with Crippen molar-refractivity contribution in [3.63, 3.8) is 0 Å². The van der Waals surface area contributed by atoms with E-state index in [-0.39, 0.29) is 11.3 Å². The van der Waals surface area contributed by atoms with Crippen LogP contribution in [0.15, 0.2) is 18.2 Å². The lowest BCUT2D eigenvalue weighted by atomic mass is 10.1. The molecule has 1 aromatic rings. The number of aldehydes is 1. The Kier molecular flexibility index (Phi) is 3.34. The SMILES string of the molecule is COc1cc(F)cc(F)c1/C=C/C=O. The molecule has 0 saturated heterocycles. The minimum atomic E-state index is -0.764. The molecule has 0 bridgehead atoms. The van der Waals surface area contributed by atoms with Gasteiger partial charge in [0.05, 0.1) is 12.7 Å². The smallest absolute Gasteiger partial charge is 0.142 e. The number of hydrogen-bond donors (Lipinski definition) is 0. The van der Waals surface area contributed by atoms with E-state index >= 15 is 0 Å². The molecule has 0 spiro atoms. The van der Waals surface area contributed by atoms with Crippen molar-refractivity contribution in [1.82, 2.24) is 0 Å². The van der Waals surface area contributed by atoms with E-state index in [1.54, 1.807) is 0 Å². The maximum Gasteiger partial charge on any atom is 0.142 e. The molecule has 1 aromatic carbocycles. The van der Waals surface area contributed by atoms with E-state index in [0.717, 1.165) is 18.2 Å². The number of ether oxygens (including phenoxy) is 1. The van der Waals surface area contributed by atoms with Crippen LogP contribution < -0.4 is 4.74 Å². The Morgan fingerprint density at radius 1 is 1.36 bits per heavy atom. The number of carbonyl (C=O) groups excluding carboxylic acids is 1. The Labute approximate surface area is 79.8 Å². The maximum atomic E-state index is 13.1. The summed E-state index contributed by atoms with van der Waals surface area (Å²) in [7, 11) is 1.30. The first-order valence-electron chi connectivity index (χ1n) is 3.84. The number of halogens is 2. The lowest BCUT2D eigenvalue weighted by molar-refractivity contribution is -0.104. The van der Waals surface area contributed by atoms with Crippen LogP contribution in [0.4, 0.5) is 8.78 Å². The molecule has 0 aliphatic rings. The molecule has 0 saturated carbocycles. The Morgan fingerprint density at radius 3 is 2.64 bits per heavy atom. The highest BCUT2D eigenvalue weighted by Gasteiger charge is 2.08. The van der Waals surface area contributed by atoms with Crippen LogP contribution in [-0.2, 0) is 4.79 Å². The molecule has 0 unspecified atom stereocenters. The molecule has 0 N–H and O–H groups in total. The van der Waals surface area contributed by atoms with E-state index in [4.69, 9.17) is 4.74 Å². The van der Waals surface area contributed by atoms with Gasteiger partial charge in [-0.1, -0.05) is 0 Å². The van der Waals surface area contributed by atoms with E-state index in [0.29, 0.717) is 6.29 Å². The average molecular weight is 198 g/mol. The topological polar surface area (TPSA) is 26.3 Å². The van der Waals surface area contributed by atoms with Crippen molar-refractivity contribution in [2.45, 2.75) is 0 Å². The van der Waals surface area contributed by atoms with Gasteiger partial charge in [0.25, 0.3) is 0 Å². The fraction of sp³-hybridized carbons (Fsp3) is 0.100. The monoisotopic (exact) mass is 198 g/mol. The van der Waals surface area contributed by atoms with Crippen molar-refractivity contribution in [2.24, 2.45) is 0 Å². The average Bonchev–Trinajstić information content (AvgIpc) is 2.15. The maximum absolute atomic E-state index is 13.1. The quantitative estimate of drug-likeness (QED) is 0.549. The second-order valence-corrected chi connectivity index (χ2v) is 2.50. The minimum Gasteiger partial charge on any atom is -0.496 e. The van der Waals surface area contributed by atoms with Crippen LogP contribution in [0.1, 0.15) is 5.56 Å². The molecule has 0 aliphatic carbocycles. The van der Waals surface area contributed by atoms with Gasteiger partial charge in [0.2, 0.25) is 0 Å². The number of rotatable bonds is 3. The van der Waals surface area contributed by atoms with Crippen molar-refractivity contribution in [3.8, 4) is 5.75 Å². The number of carbonyl (C=O) groups is 1. The zero-order chi connectivity index (χ0) is 10.6. The molecule has 4 heteroatoms. The van der Waals surface area contributed by atoms with E-state index in [2.05, 4.69) is 0 Å². The zero-order valence-electron chi connectivity index (χ0n) is 7.46. The summed E-state index contributed by atoms with van der Waals surface area (Å²) in [6.45, 7) is 0. The van der Waals surface area contributed by atoms with Crippen LogP contribution in [0.3, 0.4) is 0 Å². The summed E-state index contributed by atoms with van der Waals surface area (Å²) in [6.07, 6.45) is 2.84. The van der Waals surface area contributed by atoms with Gasteiger partial charge in [-0.05, 0) is 12.2 Å². The summed E-state index contributed by atoms with van der Waals surface area (Å²) < 4.78 is 30.6. The molecule has 0 aromatic heterocycles. The molecule has 1 rings (SSSR count). The summed E-state index contributed by atoms with van der Waals surface area (Å²) in [5, 5.41) is 0. The second-order valence-electron chi connectivity index (χ2n) is 2.50. The van der Waals surface area contributed by atoms with Gasteiger partial charge in [-0.15, -0.1) is 0 Å². The third-order valence-electron chi connectivity index (χ3n) is 1.62. The van der Waals surface area contributed by atoms with Crippen LogP contribution in [0.2, 0.25) is 0 Å². The molecular weight excluding hydrogens is 190 g/mol. The van der Waals surface area contributed by atoms with Gasteiger partial charge in [0.1, 0.15) is 23.7 Å². The predicted molar refractivity (Wildman–Crippen MR) is 48.0 cm³/mol. The first kappa shape index (κ1) is 10.4. The van der Waals surface area contributed by atoms with Crippen molar-refractivity contribution in [1.29, 1.82) is 0 Å². The summed E-state index contributed by atoms with van der Waals surface area (Å²) in [5.74, 6) is -1.43. The Bertz CT molecular complexity index is 373.